The number of nitrogens with one attached hydrogen (secondary N) is 1. The summed E-state index contributed by atoms with van der Waals surface area (Å²) >= 11 is 0. The van der Waals surface area contributed by atoms with Crippen LogP contribution < -0.4 is 14.7 Å². The summed E-state index contributed by atoms with van der Waals surface area (Å²) in [5.74, 6) is 1.11. The number of aromatic nitrogens is 2. The third-order valence-corrected chi connectivity index (χ3v) is 10.2. The molecule has 6 nitrogen and oxygen atoms in total. The van der Waals surface area contributed by atoms with Gasteiger partial charge in [0.25, 0.3) is 0 Å². The lowest BCUT2D eigenvalue weighted by Gasteiger charge is -2.42. The predicted octanol–water partition coefficient (Wildman–Crippen LogP) is 10.6. The maximum atomic E-state index is 8.13. The van der Waals surface area contributed by atoms with E-state index < -0.39 is 0 Å². The Morgan fingerprint density at radius 3 is 1.86 bits per heavy atom. The summed E-state index contributed by atoms with van der Waals surface area (Å²) in [6.45, 7) is 12.8. The molecule has 7 rings (SSSR count). The lowest BCUT2D eigenvalue weighted by molar-refractivity contribution is 0.228. The summed E-state index contributed by atoms with van der Waals surface area (Å²) in [6, 6.07) is 34.4. The van der Waals surface area contributed by atoms with Crippen molar-refractivity contribution in [1.29, 1.82) is 0 Å². The van der Waals surface area contributed by atoms with Gasteiger partial charge in [0, 0.05) is 56.6 Å². The molecule has 2 aliphatic carbocycles. The smallest absolute Gasteiger partial charge is 0.231 e. The average Bonchev–Trinajstić information content (AvgIpc) is 3.53. The molecule has 2 aliphatic rings. The Morgan fingerprint density at radius 2 is 1.31 bits per heavy atom. The van der Waals surface area contributed by atoms with Crippen molar-refractivity contribution in [1.82, 2.24) is 9.97 Å². The van der Waals surface area contributed by atoms with Gasteiger partial charge in [-0.05, 0) is 126 Å². The lowest BCUT2D eigenvalue weighted by Crippen LogP contribution is -2.31. The minimum atomic E-state index is 0.0397. The Balaban J connectivity index is 1.24. The predicted molar refractivity (Wildman–Crippen MR) is 207 cm³/mol. The van der Waals surface area contributed by atoms with Gasteiger partial charge in [0.1, 0.15) is 5.82 Å². The molecule has 1 N–H and O–H groups in total. The first kappa shape index (κ1) is 32.0. The number of benzene rings is 4. The van der Waals surface area contributed by atoms with E-state index in [9.17, 15) is 0 Å². The van der Waals surface area contributed by atoms with Crippen LogP contribution in [0.1, 0.15) is 44.5 Å². The fourth-order valence-electron chi connectivity index (χ4n) is 7.48. The van der Waals surface area contributed by atoms with Crippen LogP contribution in [0.15, 0.2) is 120 Å². The van der Waals surface area contributed by atoms with Gasteiger partial charge in [-0.3, -0.25) is 0 Å². The van der Waals surface area contributed by atoms with Crippen molar-refractivity contribution in [2.75, 3.05) is 42.9 Å². The molecule has 4 aromatic carbocycles. The average molecular weight is 645 g/mol. The summed E-state index contributed by atoms with van der Waals surface area (Å²) in [7, 11) is 8.28. The van der Waals surface area contributed by atoms with E-state index in [-0.39, 0.29) is 5.41 Å². The molecular formula is C43H44N6. The molecule has 6 heteroatoms. The SMILES string of the molecule is [C-]#[N+]C(=C1C=C2C=C(c3ccc(N(c4ccc(N(C)C)cc4)c4ccc(N(C)C)cc4)cc3)CCC2C(C)(C)C1)c1nc2ccccc2[nH]1. The van der Waals surface area contributed by atoms with Gasteiger partial charge in [-0.2, -0.15) is 0 Å². The second-order valence-corrected chi connectivity index (χ2v) is 14.4. The highest BCUT2D eigenvalue weighted by molar-refractivity contribution is 5.83. The van der Waals surface area contributed by atoms with Crippen molar-refractivity contribution in [3.63, 3.8) is 0 Å². The normalized spacial score (nSPS) is 17.8. The molecule has 0 amide bonds. The zero-order chi connectivity index (χ0) is 34.3. The van der Waals surface area contributed by atoms with E-state index in [0.717, 1.165) is 52.9 Å². The summed E-state index contributed by atoms with van der Waals surface area (Å²) in [5, 5.41) is 0. The molecule has 0 fully saturated rings. The first-order valence-electron chi connectivity index (χ1n) is 17.0. The molecule has 0 spiro atoms. The summed E-state index contributed by atoms with van der Waals surface area (Å²) in [4.78, 5) is 18.8. The number of rotatable bonds is 7. The minimum Gasteiger partial charge on any atom is -0.378 e. The summed E-state index contributed by atoms with van der Waals surface area (Å²) in [5.41, 5.74) is 13.2. The third-order valence-electron chi connectivity index (χ3n) is 10.2. The van der Waals surface area contributed by atoms with Crippen LogP contribution in [0.3, 0.4) is 0 Å². The van der Waals surface area contributed by atoms with Crippen LogP contribution in [0.2, 0.25) is 0 Å². The maximum Gasteiger partial charge on any atom is 0.231 e. The second-order valence-electron chi connectivity index (χ2n) is 14.4. The van der Waals surface area contributed by atoms with E-state index in [0.29, 0.717) is 17.4 Å². The number of para-hydroxylation sites is 2. The molecule has 1 unspecified atom stereocenters. The number of nitrogens with zero attached hydrogens (tertiary/aromatic N) is 5. The van der Waals surface area contributed by atoms with E-state index in [4.69, 9.17) is 11.6 Å². The molecule has 246 valence electrons. The highest BCUT2D eigenvalue weighted by Crippen LogP contribution is 2.51. The first-order valence-corrected chi connectivity index (χ1v) is 17.0. The quantitative estimate of drug-likeness (QED) is 0.179. The zero-order valence-electron chi connectivity index (χ0n) is 29.3. The van der Waals surface area contributed by atoms with Gasteiger partial charge in [-0.15, -0.1) is 0 Å². The van der Waals surface area contributed by atoms with E-state index >= 15 is 0 Å². The standard InChI is InChI=1S/C43H44N6/c1-43(2)28-32(41(44-3)42-45-39-10-8-9-11-40(39)46-42)27-31-26-30(14-25-38(31)43)29-12-15-35(16-13-29)49(36-21-17-33(18-22-36)47(4)5)37-23-19-34(20-24-37)48(6)7/h8-13,15-24,26-27,38H,14,25,28H2,1-2,4-7H3,(H,45,46). The minimum absolute atomic E-state index is 0.0397. The molecular weight excluding hydrogens is 601 g/mol. The van der Waals surface area contributed by atoms with Crippen molar-refractivity contribution >= 4 is 50.7 Å². The lowest BCUT2D eigenvalue weighted by atomic mass is 9.62. The second kappa shape index (κ2) is 12.8. The monoisotopic (exact) mass is 644 g/mol. The Bertz CT molecular complexity index is 2030. The molecule has 49 heavy (non-hydrogen) atoms. The molecule has 0 aliphatic heterocycles. The van der Waals surface area contributed by atoms with Crippen LogP contribution in [0.5, 0.6) is 0 Å². The molecule has 1 atom stereocenters. The van der Waals surface area contributed by atoms with Gasteiger partial charge in [0.05, 0.1) is 17.6 Å². The van der Waals surface area contributed by atoms with Crippen LogP contribution in [0.25, 0.3) is 27.1 Å². The molecule has 5 aromatic rings. The molecule has 1 heterocycles. The summed E-state index contributed by atoms with van der Waals surface area (Å²) in [6.07, 6.45) is 7.66. The highest BCUT2D eigenvalue weighted by atomic mass is 15.1. The van der Waals surface area contributed by atoms with Crippen LogP contribution >= 0.6 is 0 Å². The van der Waals surface area contributed by atoms with Crippen molar-refractivity contribution in [2.45, 2.75) is 33.1 Å². The largest absolute Gasteiger partial charge is 0.378 e. The Morgan fingerprint density at radius 1 is 0.755 bits per heavy atom. The van der Waals surface area contributed by atoms with Crippen molar-refractivity contribution < 1.29 is 0 Å². The zero-order valence-corrected chi connectivity index (χ0v) is 29.3. The van der Waals surface area contributed by atoms with Crippen LogP contribution in [-0.4, -0.2) is 38.2 Å². The summed E-state index contributed by atoms with van der Waals surface area (Å²) < 4.78 is 0. The van der Waals surface area contributed by atoms with E-state index in [1.165, 1.54) is 28.1 Å². The van der Waals surface area contributed by atoms with E-state index in [2.05, 4.69) is 152 Å². The number of aromatic amines is 1. The molecule has 1 aromatic heterocycles. The van der Waals surface area contributed by atoms with E-state index in [1.807, 2.05) is 24.3 Å². The number of hydrogen-bond donors (Lipinski definition) is 1. The van der Waals surface area contributed by atoms with Crippen molar-refractivity contribution in [3.05, 3.63) is 143 Å². The number of anilines is 5. The number of imidazole rings is 1. The van der Waals surface area contributed by atoms with E-state index in [1.54, 1.807) is 0 Å². The van der Waals surface area contributed by atoms with Crippen LogP contribution in [-0.2, 0) is 0 Å². The molecule has 0 saturated heterocycles. The van der Waals surface area contributed by atoms with Crippen LogP contribution in [0, 0.1) is 17.9 Å². The fourth-order valence-corrected chi connectivity index (χ4v) is 7.48. The third kappa shape index (κ3) is 6.25. The van der Waals surface area contributed by atoms with Gasteiger partial charge in [-0.25, -0.2) is 9.83 Å². The number of allylic oxidation sites excluding steroid dienone is 5. The molecule has 0 saturated carbocycles. The van der Waals surface area contributed by atoms with Crippen molar-refractivity contribution in [3.8, 4) is 0 Å². The number of fused-ring (bicyclic) bond motifs is 2. The number of hydrogen-bond acceptors (Lipinski definition) is 4. The van der Waals surface area contributed by atoms with Crippen molar-refractivity contribution in [2.24, 2.45) is 11.3 Å². The molecule has 0 radical (unpaired) electrons. The fraction of sp³-hybridized carbons (Fsp3) is 0.256. The maximum absolute atomic E-state index is 8.13. The Labute approximate surface area is 290 Å². The molecule has 0 bridgehead atoms. The topological polar surface area (TPSA) is 42.8 Å². The van der Waals surface area contributed by atoms with Gasteiger partial charge >= 0.3 is 0 Å². The Hall–Kier alpha value is -5.54. The van der Waals surface area contributed by atoms with Gasteiger partial charge in [-0.1, -0.05) is 50.3 Å². The Kier molecular flexibility index (Phi) is 8.38. The number of H-pyrrole nitrogens is 1. The van der Waals surface area contributed by atoms with Gasteiger partial charge in [0.2, 0.25) is 5.70 Å². The van der Waals surface area contributed by atoms with Gasteiger partial charge < -0.3 is 19.7 Å². The van der Waals surface area contributed by atoms with Gasteiger partial charge in [0.15, 0.2) is 0 Å². The van der Waals surface area contributed by atoms with Crippen LogP contribution in [0.4, 0.5) is 28.4 Å². The first-order chi connectivity index (χ1) is 23.6. The highest BCUT2D eigenvalue weighted by Gasteiger charge is 2.38.